The quantitative estimate of drug-likeness (QED) is 0.888. The van der Waals surface area contributed by atoms with E-state index in [4.69, 9.17) is 0 Å². The third kappa shape index (κ3) is 3.66. The average Bonchev–Trinajstić information content (AvgIpc) is 2.84. The first-order valence-corrected chi connectivity index (χ1v) is 6.51. The third-order valence-electron chi connectivity index (χ3n) is 3.20. The molecule has 6 heteroatoms. The summed E-state index contributed by atoms with van der Waals surface area (Å²) < 4.78 is 27.9. The Morgan fingerprint density at radius 2 is 2.14 bits per heavy atom. The van der Waals surface area contributed by atoms with Crippen molar-refractivity contribution in [2.45, 2.75) is 12.5 Å². The SMILES string of the molecule is Cn1cccc1C(O)CCNC(=O)c1ccc(F)cc1F. The van der Waals surface area contributed by atoms with Gasteiger partial charge in [0.05, 0.1) is 11.7 Å². The number of amides is 1. The highest BCUT2D eigenvalue weighted by molar-refractivity contribution is 5.94. The number of aliphatic hydroxyl groups excluding tert-OH is 1. The van der Waals surface area contributed by atoms with Crippen LogP contribution in [0.5, 0.6) is 0 Å². The Hall–Kier alpha value is -2.21. The lowest BCUT2D eigenvalue weighted by molar-refractivity contribution is 0.0937. The van der Waals surface area contributed by atoms with Crippen LogP contribution in [0.25, 0.3) is 0 Å². The standard InChI is InChI=1S/C15H16F2N2O2/c1-19-8-2-3-13(19)14(20)6-7-18-15(21)11-5-4-10(16)9-12(11)17/h2-5,8-9,14,20H,6-7H2,1H3,(H,18,21). The van der Waals surface area contributed by atoms with Gasteiger partial charge in [-0.2, -0.15) is 0 Å². The Labute approximate surface area is 121 Å². The van der Waals surface area contributed by atoms with Crippen LogP contribution in [0.1, 0.15) is 28.6 Å². The zero-order chi connectivity index (χ0) is 15.4. The second-order valence-corrected chi connectivity index (χ2v) is 4.73. The average molecular weight is 294 g/mol. The maximum absolute atomic E-state index is 13.4. The fourth-order valence-electron chi connectivity index (χ4n) is 2.06. The molecule has 2 rings (SSSR count). The van der Waals surface area contributed by atoms with Gasteiger partial charge in [0, 0.05) is 31.5 Å². The van der Waals surface area contributed by atoms with Crippen LogP contribution in [0.15, 0.2) is 36.5 Å². The first-order chi connectivity index (χ1) is 9.99. The molecule has 0 spiro atoms. The highest BCUT2D eigenvalue weighted by atomic mass is 19.1. The number of nitrogens with one attached hydrogen (secondary N) is 1. The predicted molar refractivity (Wildman–Crippen MR) is 73.7 cm³/mol. The van der Waals surface area contributed by atoms with Gasteiger partial charge in [0.1, 0.15) is 11.6 Å². The monoisotopic (exact) mass is 294 g/mol. The molecule has 1 aromatic carbocycles. The Morgan fingerprint density at radius 1 is 1.38 bits per heavy atom. The van der Waals surface area contributed by atoms with Crippen LogP contribution >= 0.6 is 0 Å². The number of carbonyl (C=O) groups excluding carboxylic acids is 1. The summed E-state index contributed by atoms with van der Waals surface area (Å²) in [5.41, 5.74) is 0.516. The molecule has 0 radical (unpaired) electrons. The van der Waals surface area contributed by atoms with Crippen molar-refractivity contribution in [3.8, 4) is 0 Å². The molecule has 0 aliphatic heterocycles. The van der Waals surface area contributed by atoms with E-state index in [0.717, 1.165) is 17.8 Å². The summed E-state index contributed by atoms with van der Waals surface area (Å²) in [5.74, 6) is -2.27. The van der Waals surface area contributed by atoms with Crippen molar-refractivity contribution in [1.82, 2.24) is 9.88 Å². The Kier molecular flexibility index (Phi) is 4.70. The van der Waals surface area contributed by atoms with Gasteiger partial charge in [0.15, 0.2) is 0 Å². The van der Waals surface area contributed by atoms with Gasteiger partial charge in [-0.05, 0) is 30.7 Å². The molecule has 0 saturated carbocycles. The van der Waals surface area contributed by atoms with Gasteiger partial charge in [0.25, 0.3) is 5.91 Å². The maximum atomic E-state index is 13.4. The van der Waals surface area contributed by atoms with Crippen molar-refractivity contribution >= 4 is 5.91 Å². The van der Waals surface area contributed by atoms with Crippen molar-refractivity contribution in [3.63, 3.8) is 0 Å². The van der Waals surface area contributed by atoms with E-state index >= 15 is 0 Å². The molecule has 1 aromatic heterocycles. The van der Waals surface area contributed by atoms with Gasteiger partial charge >= 0.3 is 0 Å². The lowest BCUT2D eigenvalue weighted by Crippen LogP contribution is -2.26. The molecule has 0 bridgehead atoms. The number of halogens is 2. The van der Waals surface area contributed by atoms with E-state index in [9.17, 15) is 18.7 Å². The van der Waals surface area contributed by atoms with Crippen molar-refractivity contribution in [3.05, 3.63) is 59.4 Å². The molecule has 1 heterocycles. The molecule has 4 nitrogen and oxygen atoms in total. The molecule has 0 aliphatic carbocycles. The van der Waals surface area contributed by atoms with Crippen molar-refractivity contribution in [2.24, 2.45) is 7.05 Å². The number of carbonyl (C=O) groups is 1. The van der Waals surface area contributed by atoms with Crippen LogP contribution in [0, 0.1) is 11.6 Å². The topological polar surface area (TPSA) is 54.3 Å². The van der Waals surface area contributed by atoms with Crippen molar-refractivity contribution in [1.29, 1.82) is 0 Å². The summed E-state index contributed by atoms with van der Waals surface area (Å²) in [5, 5.41) is 12.5. The second kappa shape index (κ2) is 6.49. The van der Waals surface area contributed by atoms with E-state index in [2.05, 4.69) is 5.32 Å². The van der Waals surface area contributed by atoms with Gasteiger partial charge < -0.3 is 15.0 Å². The molecule has 1 amide bonds. The molecule has 21 heavy (non-hydrogen) atoms. The molecule has 2 N–H and O–H groups in total. The summed E-state index contributed by atoms with van der Waals surface area (Å²) in [4.78, 5) is 11.8. The lowest BCUT2D eigenvalue weighted by Gasteiger charge is -2.12. The number of aromatic nitrogens is 1. The van der Waals surface area contributed by atoms with Gasteiger partial charge in [-0.15, -0.1) is 0 Å². The highest BCUT2D eigenvalue weighted by Crippen LogP contribution is 2.16. The minimum absolute atomic E-state index is 0.183. The van der Waals surface area contributed by atoms with E-state index < -0.39 is 23.6 Å². The van der Waals surface area contributed by atoms with Crippen molar-refractivity contribution in [2.75, 3.05) is 6.54 Å². The maximum Gasteiger partial charge on any atom is 0.254 e. The van der Waals surface area contributed by atoms with Gasteiger partial charge in [-0.3, -0.25) is 4.79 Å². The number of hydrogen-bond donors (Lipinski definition) is 2. The zero-order valence-electron chi connectivity index (χ0n) is 11.5. The normalized spacial score (nSPS) is 12.2. The molecule has 112 valence electrons. The number of aliphatic hydroxyl groups is 1. The fourth-order valence-corrected chi connectivity index (χ4v) is 2.06. The molecule has 1 unspecified atom stereocenters. The van der Waals surface area contributed by atoms with E-state index in [0.29, 0.717) is 12.5 Å². The number of aryl methyl sites for hydroxylation is 1. The summed E-state index contributed by atoms with van der Waals surface area (Å²) in [6.07, 6.45) is 1.39. The minimum Gasteiger partial charge on any atom is -0.387 e. The van der Waals surface area contributed by atoms with E-state index in [1.807, 2.05) is 19.3 Å². The Balaban J connectivity index is 1.88. The fraction of sp³-hybridized carbons (Fsp3) is 0.267. The first kappa shape index (κ1) is 15.2. The summed E-state index contributed by atoms with van der Waals surface area (Å²) in [7, 11) is 1.81. The Bertz CT molecular complexity index is 640. The predicted octanol–water partition coefficient (Wildman–Crippen LogP) is 2.16. The van der Waals surface area contributed by atoms with E-state index in [1.165, 1.54) is 0 Å². The molecular formula is C15H16F2N2O2. The van der Waals surface area contributed by atoms with Crippen LogP contribution in [0.4, 0.5) is 8.78 Å². The van der Waals surface area contributed by atoms with E-state index in [1.54, 1.807) is 10.6 Å². The van der Waals surface area contributed by atoms with Crippen LogP contribution in [0.3, 0.4) is 0 Å². The molecule has 0 fully saturated rings. The summed E-state index contributed by atoms with van der Waals surface area (Å²) in [6.45, 7) is 0.183. The van der Waals surface area contributed by atoms with Crippen LogP contribution in [-0.4, -0.2) is 22.1 Å². The largest absolute Gasteiger partial charge is 0.387 e. The third-order valence-corrected chi connectivity index (χ3v) is 3.20. The van der Waals surface area contributed by atoms with Crippen LogP contribution in [0.2, 0.25) is 0 Å². The molecule has 0 aliphatic rings. The number of rotatable bonds is 5. The van der Waals surface area contributed by atoms with Crippen LogP contribution in [-0.2, 0) is 7.05 Å². The zero-order valence-corrected chi connectivity index (χ0v) is 11.5. The second-order valence-electron chi connectivity index (χ2n) is 4.73. The van der Waals surface area contributed by atoms with Gasteiger partial charge in [0.2, 0.25) is 0 Å². The number of hydrogen-bond acceptors (Lipinski definition) is 2. The van der Waals surface area contributed by atoms with Crippen LogP contribution < -0.4 is 5.32 Å². The van der Waals surface area contributed by atoms with E-state index in [-0.39, 0.29) is 12.1 Å². The Morgan fingerprint density at radius 3 is 2.76 bits per heavy atom. The number of nitrogens with zero attached hydrogens (tertiary/aromatic N) is 1. The highest BCUT2D eigenvalue weighted by Gasteiger charge is 2.14. The summed E-state index contributed by atoms with van der Waals surface area (Å²) in [6, 6.07) is 6.37. The smallest absolute Gasteiger partial charge is 0.254 e. The molecule has 1 atom stereocenters. The van der Waals surface area contributed by atoms with Gasteiger partial charge in [-0.25, -0.2) is 8.78 Å². The minimum atomic E-state index is -0.907. The number of benzene rings is 1. The molecular weight excluding hydrogens is 278 g/mol. The van der Waals surface area contributed by atoms with Crippen molar-refractivity contribution < 1.29 is 18.7 Å². The first-order valence-electron chi connectivity index (χ1n) is 6.51. The molecule has 2 aromatic rings. The van der Waals surface area contributed by atoms with Gasteiger partial charge in [-0.1, -0.05) is 0 Å². The molecule has 0 saturated heterocycles. The lowest BCUT2D eigenvalue weighted by atomic mass is 10.1. The summed E-state index contributed by atoms with van der Waals surface area (Å²) >= 11 is 0.